The lowest BCUT2D eigenvalue weighted by Gasteiger charge is -2.06. The maximum atomic E-state index is 12.1. The molecule has 0 aliphatic heterocycles. The number of fused-ring (bicyclic) bond motifs is 1. The van der Waals surface area contributed by atoms with Crippen LogP contribution in [0.15, 0.2) is 28.7 Å². The van der Waals surface area contributed by atoms with Gasteiger partial charge in [-0.05, 0) is 49.1 Å². The fraction of sp³-hybridized carbons (Fsp3) is 0.250. The summed E-state index contributed by atoms with van der Waals surface area (Å²) in [5.74, 6) is -0.510. The minimum atomic E-state index is -0.647. The van der Waals surface area contributed by atoms with E-state index in [0.717, 1.165) is 34.2 Å². The first-order chi connectivity index (χ1) is 13.5. The van der Waals surface area contributed by atoms with Crippen LogP contribution in [-0.2, 0) is 27.2 Å². The van der Waals surface area contributed by atoms with Gasteiger partial charge in [0.15, 0.2) is 6.61 Å². The van der Waals surface area contributed by atoms with Crippen molar-refractivity contribution < 1.29 is 19.1 Å². The lowest BCUT2D eigenvalue weighted by Crippen LogP contribution is -2.20. The Hall–Kier alpha value is -2.63. The Morgan fingerprint density at radius 1 is 1.39 bits per heavy atom. The predicted octanol–water partition coefficient (Wildman–Crippen LogP) is 4.07. The van der Waals surface area contributed by atoms with Gasteiger partial charge in [-0.15, -0.1) is 11.3 Å². The molecule has 3 rings (SSSR count). The molecule has 0 saturated heterocycles. The number of nitrogens with zero attached hydrogens (tertiary/aromatic N) is 1. The second kappa shape index (κ2) is 9.04. The zero-order chi connectivity index (χ0) is 20.1. The van der Waals surface area contributed by atoms with Crippen LogP contribution in [-0.4, -0.2) is 25.6 Å². The van der Waals surface area contributed by atoms with Crippen molar-refractivity contribution in [3.63, 3.8) is 0 Å². The van der Waals surface area contributed by atoms with Crippen molar-refractivity contribution in [3.8, 4) is 11.8 Å². The third kappa shape index (κ3) is 4.61. The van der Waals surface area contributed by atoms with E-state index in [0.29, 0.717) is 21.9 Å². The maximum Gasteiger partial charge on any atom is 0.331 e. The summed E-state index contributed by atoms with van der Waals surface area (Å²) in [4.78, 5) is 25.1. The molecular formula is C20H17BrN2O4S. The number of amides is 1. The van der Waals surface area contributed by atoms with E-state index in [1.807, 2.05) is 6.07 Å². The van der Waals surface area contributed by atoms with Gasteiger partial charge in [0, 0.05) is 21.0 Å². The lowest BCUT2D eigenvalue weighted by atomic mass is 10.1. The Kier molecular flexibility index (Phi) is 6.49. The van der Waals surface area contributed by atoms with E-state index < -0.39 is 18.5 Å². The fourth-order valence-electron chi connectivity index (χ4n) is 2.95. The second-order valence-corrected chi connectivity index (χ2v) is 8.07. The number of anilines is 1. The summed E-state index contributed by atoms with van der Waals surface area (Å²) in [6, 6.07) is 7.56. The fourth-order valence-corrected chi connectivity index (χ4v) is 4.59. The minimum absolute atomic E-state index is 0.424. The zero-order valence-corrected chi connectivity index (χ0v) is 17.5. The van der Waals surface area contributed by atoms with Gasteiger partial charge >= 0.3 is 5.97 Å². The molecular weight excluding hydrogens is 444 g/mol. The Morgan fingerprint density at radius 3 is 2.96 bits per heavy atom. The van der Waals surface area contributed by atoms with Crippen LogP contribution in [0.25, 0.3) is 6.08 Å². The number of aryl methyl sites for hydroxylation is 1. The van der Waals surface area contributed by atoms with Crippen molar-refractivity contribution in [2.75, 3.05) is 19.0 Å². The number of carbonyl (C=O) groups is 2. The number of thiophene rings is 1. The number of rotatable bonds is 6. The Bertz CT molecular complexity index is 991. The molecule has 0 spiro atoms. The minimum Gasteiger partial charge on any atom is -0.496 e. The number of halogens is 1. The van der Waals surface area contributed by atoms with E-state index in [4.69, 9.17) is 9.47 Å². The van der Waals surface area contributed by atoms with Gasteiger partial charge in [0.05, 0.1) is 12.7 Å². The van der Waals surface area contributed by atoms with Gasteiger partial charge in [-0.2, -0.15) is 5.26 Å². The molecule has 0 radical (unpaired) electrons. The van der Waals surface area contributed by atoms with E-state index in [-0.39, 0.29) is 0 Å². The Balaban J connectivity index is 1.56. The Labute approximate surface area is 174 Å². The highest BCUT2D eigenvalue weighted by Gasteiger charge is 2.23. The number of hydrogen-bond donors (Lipinski definition) is 1. The highest BCUT2D eigenvalue weighted by molar-refractivity contribution is 9.10. The number of nitrogens with one attached hydrogen (secondary N) is 1. The molecule has 2 aromatic rings. The van der Waals surface area contributed by atoms with Crippen molar-refractivity contribution in [2.24, 2.45) is 0 Å². The zero-order valence-electron chi connectivity index (χ0n) is 15.1. The average molecular weight is 461 g/mol. The topological polar surface area (TPSA) is 88.4 Å². The molecule has 1 amide bonds. The number of nitriles is 1. The molecule has 0 saturated carbocycles. The van der Waals surface area contributed by atoms with Crippen LogP contribution in [0.3, 0.4) is 0 Å². The largest absolute Gasteiger partial charge is 0.496 e. The summed E-state index contributed by atoms with van der Waals surface area (Å²) < 4.78 is 11.1. The van der Waals surface area contributed by atoms with Gasteiger partial charge in [0.1, 0.15) is 16.8 Å². The van der Waals surface area contributed by atoms with E-state index in [1.54, 1.807) is 25.3 Å². The number of hydrogen-bond acceptors (Lipinski definition) is 6. The molecule has 28 heavy (non-hydrogen) atoms. The van der Waals surface area contributed by atoms with Crippen molar-refractivity contribution in [3.05, 3.63) is 50.3 Å². The summed E-state index contributed by atoms with van der Waals surface area (Å²) in [5, 5.41) is 12.5. The van der Waals surface area contributed by atoms with Gasteiger partial charge in [-0.3, -0.25) is 4.79 Å². The molecule has 1 aromatic heterocycles. The lowest BCUT2D eigenvalue weighted by molar-refractivity contribution is -0.142. The molecule has 0 bridgehead atoms. The molecule has 1 aromatic carbocycles. The number of ether oxygens (including phenoxy) is 2. The highest BCUT2D eigenvalue weighted by atomic mass is 79.9. The third-order valence-corrected chi connectivity index (χ3v) is 5.92. The summed E-state index contributed by atoms with van der Waals surface area (Å²) in [6.45, 7) is -0.424. The quantitative estimate of drug-likeness (QED) is 0.518. The first-order valence-corrected chi connectivity index (χ1v) is 10.2. The van der Waals surface area contributed by atoms with Crippen LogP contribution in [0.1, 0.15) is 28.0 Å². The van der Waals surface area contributed by atoms with E-state index in [2.05, 4.69) is 27.3 Å². The summed E-state index contributed by atoms with van der Waals surface area (Å²) in [7, 11) is 1.54. The SMILES string of the molecule is COc1ccc(Br)cc1/C=C/C(=O)OCC(=O)Nc1sc2c(c1C#N)CCC2. The van der Waals surface area contributed by atoms with Crippen molar-refractivity contribution in [1.29, 1.82) is 5.26 Å². The van der Waals surface area contributed by atoms with E-state index in [9.17, 15) is 14.9 Å². The first-order valence-electron chi connectivity index (χ1n) is 8.54. The standard InChI is InChI=1S/C20H17BrN2O4S/c1-26-16-7-6-13(21)9-12(16)5-8-19(25)27-11-18(24)23-20-15(10-22)14-3-2-4-17(14)28-20/h5-9H,2-4,11H2,1H3,(H,23,24)/b8-5+. The normalized spacial score (nSPS) is 12.5. The molecule has 0 fully saturated rings. The molecule has 144 valence electrons. The molecule has 6 nitrogen and oxygen atoms in total. The van der Waals surface area contributed by atoms with Crippen LogP contribution in [0.4, 0.5) is 5.00 Å². The predicted molar refractivity (Wildman–Crippen MR) is 110 cm³/mol. The number of carbonyl (C=O) groups excluding carboxylic acids is 2. The molecule has 0 atom stereocenters. The average Bonchev–Trinajstić information content (AvgIpc) is 3.25. The molecule has 1 N–H and O–H groups in total. The summed E-state index contributed by atoms with van der Waals surface area (Å²) in [6.07, 6.45) is 5.63. The van der Waals surface area contributed by atoms with Crippen LogP contribution in [0.2, 0.25) is 0 Å². The smallest absolute Gasteiger partial charge is 0.331 e. The molecule has 1 aliphatic rings. The van der Waals surface area contributed by atoms with E-state index in [1.165, 1.54) is 17.4 Å². The highest BCUT2D eigenvalue weighted by Crippen LogP contribution is 2.38. The first kappa shape index (κ1) is 20.1. The molecule has 8 heteroatoms. The van der Waals surface area contributed by atoms with Crippen LogP contribution in [0, 0.1) is 11.3 Å². The summed E-state index contributed by atoms with van der Waals surface area (Å²) in [5.41, 5.74) is 2.26. The van der Waals surface area contributed by atoms with Crippen LogP contribution in [0.5, 0.6) is 5.75 Å². The van der Waals surface area contributed by atoms with Gasteiger partial charge < -0.3 is 14.8 Å². The van der Waals surface area contributed by atoms with Crippen LogP contribution < -0.4 is 10.1 Å². The molecule has 1 aliphatic carbocycles. The van der Waals surface area contributed by atoms with Gasteiger partial charge in [-0.1, -0.05) is 15.9 Å². The number of benzene rings is 1. The monoisotopic (exact) mass is 460 g/mol. The van der Waals surface area contributed by atoms with E-state index >= 15 is 0 Å². The van der Waals surface area contributed by atoms with Crippen molar-refractivity contribution >= 4 is 50.2 Å². The number of esters is 1. The van der Waals surface area contributed by atoms with Crippen LogP contribution >= 0.6 is 27.3 Å². The summed E-state index contributed by atoms with van der Waals surface area (Å²) >= 11 is 4.78. The maximum absolute atomic E-state index is 12.1. The Morgan fingerprint density at radius 2 is 2.21 bits per heavy atom. The van der Waals surface area contributed by atoms with Crippen molar-refractivity contribution in [2.45, 2.75) is 19.3 Å². The molecule has 0 unspecified atom stereocenters. The van der Waals surface area contributed by atoms with Gasteiger partial charge in [0.25, 0.3) is 5.91 Å². The van der Waals surface area contributed by atoms with Crippen molar-refractivity contribution in [1.82, 2.24) is 0 Å². The van der Waals surface area contributed by atoms with Gasteiger partial charge in [0.2, 0.25) is 0 Å². The molecule has 1 heterocycles. The number of methoxy groups -OCH3 is 1. The third-order valence-electron chi connectivity index (χ3n) is 4.22. The second-order valence-electron chi connectivity index (χ2n) is 6.05. The van der Waals surface area contributed by atoms with Gasteiger partial charge in [-0.25, -0.2) is 4.79 Å².